The van der Waals surface area contributed by atoms with Crippen LogP contribution in [0.25, 0.3) is 6.08 Å². The summed E-state index contributed by atoms with van der Waals surface area (Å²) in [7, 11) is 0. The molecule has 5 rings (SSSR count). The van der Waals surface area contributed by atoms with E-state index in [1.807, 2.05) is 36.4 Å². The van der Waals surface area contributed by atoms with Crippen LogP contribution in [0.2, 0.25) is 0 Å². The van der Waals surface area contributed by atoms with Crippen molar-refractivity contribution in [3.8, 4) is 11.5 Å². The minimum Gasteiger partial charge on any atom is -0.478 e. The third kappa shape index (κ3) is 3.78. The number of hydrogen-bond acceptors (Lipinski definition) is 6. The van der Waals surface area contributed by atoms with Gasteiger partial charge in [0, 0.05) is 25.3 Å². The Balaban J connectivity index is 1.38. The maximum Gasteiger partial charge on any atom is 0.231 e. The van der Waals surface area contributed by atoms with E-state index in [1.54, 1.807) is 12.3 Å². The Morgan fingerprint density at radius 2 is 1.88 bits per heavy atom. The Morgan fingerprint density at radius 3 is 2.59 bits per heavy atom. The second-order valence-electron chi connectivity index (χ2n) is 7.96. The highest BCUT2D eigenvalue weighted by Crippen LogP contribution is 2.42. The van der Waals surface area contributed by atoms with Crippen molar-refractivity contribution in [1.82, 2.24) is 4.90 Å². The summed E-state index contributed by atoms with van der Waals surface area (Å²) in [5.74, 6) is 2.47. The van der Waals surface area contributed by atoms with Gasteiger partial charge in [0.1, 0.15) is 24.0 Å². The van der Waals surface area contributed by atoms with Crippen LogP contribution in [0, 0.1) is 0 Å². The normalized spacial score (nSPS) is 16.4. The van der Waals surface area contributed by atoms with Crippen molar-refractivity contribution < 1.29 is 18.7 Å². The summed E-state index contributed by atoms with van der Waals surface area (Å²) < 4.78 is 17.5. The van der Waals surface area contributed by atoms with Crippen molar-refractivity contribution in [2.75, 3.05) is 24.7 Å². The number of ketones is 1. The number of hydrogen-bond donors (Lipinski definition) is 0. The van der Waals surface area contributed by atoms with Crippen LogP contribution in [-0.4, -0.2) is 30.5 Å². The molecule has 0 N–H and O–H groups in total. The molecule has 6 heteroatoms. The molecule has 6 nitrogen and oxygen atoms in total. The molecular weight excluding hydrogens is 404 g/mol. The zero-order valence-electron chi connectivity index (χ0n) is 18.3. The number of fused-ring (bicyclic) bond motifs is 3. The summed E-state index contributed by atoms with van der Waals surface area (Å²) in [4.78, 5) is 17.4. The maximum absolute atomic E-state index is 13.0. The van der Waals surface area contributed by atoms with Gasteiger partial charge in [-0.05, 0) is 61.9 Å². The van der Waals surface area contributed by atoms with Crippen molar-refractivity contribution in [3.63, 3.8) is 0 Å². The molecule has 0 bridgehead atoms. The fraction of sp³-hybridized carbons (Fsp3) is 0.269. The third-order valence-electron chi connectivity index (χ3n) is 5.96. The molecule has 0 atom stereocenters. The van der Waals surface area contributed by atoms with E-state index in [0.29, 0.717) is 36.9 Å². The number of allylic oxidation sites excluding steroid dienone is 1. The van der Waals surface area contributed by atoms with E-state index in [2.05, 4.69) is 35.8 Å². The second kappa shape index (κ2) is 8.55. The largest absolute Gasteiger partial charge is 0.478 e. The number of ether oxygens (including phenoxy) is 2. The first-order valence-corrected chi connectivity index (χ1v) is 11.0. The lowest BCUT2D eigenvalue weighted by Crippen LogP contribution is -2.31. The zero-order valence-corrected chi connectivity index (χ0v) is 18.3. The van der Waals surface area contributed by atoms with Crippen LogP contribution in [0.4, 0.5) is 5.69 Å². The van der Waals surface area contributed by atoms with E-state index in [1.165, 1.54) is 5.69 Å². The van der Waals surface area contributed by atoms with Crippen molar-refractivity contribution >= 4 is 17.5 Å². The first kappa shape index (κ1) is 20.4. The van der Waals surface area contributed by atoms with Gasteiger partial charge in [-0.1, -0.05) is 12.1 Å². The van der Waals surface area contributed by atoms with Crippen LogP contribution in [0.1, 0.15) is 41.1 Å². The number of anilines is 1. The Hall–Kier alpha value is -3.51. The quantitative estimate of drug-likeness (QED) is 0.508. The van der Waals surface area contributed by atoms with Gasteiger partial charge in [0.15, 0.2) is 5.76 Å². The lowest BCUT2D eigenvalue weighted by molar-refractivity contribution is 0.0810. The summed E-state index contributed by atoms with van der Waals surface area (Å²) in [6.45, 7) is 7.91. The summed E-state index contributed by atoms with van der Waals surface area (Å²) in [5, 5.41) is 0. The highest BCUT2D eigenvalue weighted by molar-refractivity contribution is 6.15. The van der Waals surface area contributed by atoms with E-state index in [0.717, 1.165) is 35.7 Å². The van der Waals surface area contributed by atoms with Gasteiger partial charge in [0.2, 0.25) is 5.78 Å². The second-order valence-corrected chi connectivity index (χ2v) is 7.96. The van der Waals surface area contributed by atoms with Crippen LogP contribution >= 0.6 is 0 Å². The van der Waals surface area contributed by atoms with Gasteiger partial charge in [-0.2, -0.15) is 0 Å². The van der Waals surface area contributed by atoms with Gasteiger partial charge in [-0.3, -0.25) is 9.69 Å². The highest BCUT2D eigenvalue weighted by atomic mass is 16.5. The van der Waals surface area contributed by atoms with Crippen molar-refractivity contribution in [2.24, 2.45) is 0 Å². The molecule has 0 radical (unpaired) electrons. The average molecular weight is 431 g/mol. The molecule has 3 heterocycles. The van der Waals surface area contributed by atoms with Gasteiger partial charge in [-0.25, -0.2) is 0 Å². The fourth-order valence-electron chi connectivity index (χ4n) is 4.25. The van der Waals surface area contributed by atoms with Crippen molar-refractivity contribution in [3.05, 3.63) is 83.0 Å². The van der Waals surface area contributed by atoms with Crippen LogP contribution in [0.15, 0.2) is 65.0 Å². The predicted molar refractivity (Wildman–Crippen MR) is 123 cm³/mol. The zero-order chi connectivity index (χ0) is 22.1. The lowest BCUT2D eigenvalue weighted by atomic mass is 10.0. The number of carbonyl (C=O) groups is 1. The molecule has 0 saturated carbocycles. The molecule has 2 aliphatic rings. The minimum absolute atomic E-state index is 0.0984. The maximum atomic E-state index is 13.0. The molecule has 0 spiro atoms. The number of carbonyl (C=O) groups excluding carboxylic acids is 1. The summed E-state index contributed by atoms with van der Waals surface area (Å²) in [6.07, 6.45) is 3.48. The Kier molecular flexibility index (Phi) is 5.45. The molecule has 1 aromatic heterocycles. The van der Waals surface area contributed by atoms with Gasteiger partial charge in [0.05, 0.1) is 23.9 Å². The number of nitrogens with zero attached hydrogens (tertiary/aromatic N) is 2. The fourth-order valence-corrected chi connectivity index (χ4v) is 4.25. The molecule has 0 aliphatic carbocycles. The molecule has 0 saturated heterocycles. The standard InChI is InChI=1S/C26H26N2O4/c1-3-28(4-2)19-9-7-18(8-10-19)14-24-25(29)21-11-12-23-22(26(21)32-24)16-27(17-31-23)15-20-6-5-13-30-20/h5-14H,3-4,15-17H2,1-2H3/b24-14-. The first-order chi connectivity index (χ1) is 15.7. The van der Waals surface area contributed by atoms with Crippen LogP contribution in [0.3, 0.4) is 0 Å². The molecule has 2 aromatic carbocycles. The topological polar surface area (TPSA) is 55.1 Å². The number of benzene rings is 2. The first-order valence-electron chi connectivity index (χ1n) is 11.0. The summed E-state index contributed by atoms with van der Waals surface area (Å²) in [5.41, 5.74) is 3.58. The smallest absolute Gasteiger partial charge is 0.231 e. The molecule has 32 heavy (non-hydrogen) atoms. The Bertz CT molecular complexity index is 1150. The predicted octanol–water partition coefficient (Wildman–Crippen LogP) is 5.09. The van der Waals surface area contributed by atoms with Crippen LogP contribution < -0.4 is 14.4 Å². The summed E-state index contributed by atoms with van der Waals surface area (Å²) >= 11 is 0. The Morgan fingerprint density at radius 1 is 1.06 bits per heavy atom. The molecule has 0 fully saturated rings. The van der Waals surface area contributed by atoms with E-state index in [9.17, 15) is 4.79 Å². The lowest BCUT2D eigenvalue weighted by Gasteiger charge is -2.29. The minimum atomic E-state index is -0.0984. The monoisotopic (exact) mass is 430 g/mol. The Labute approximate surface area is 187 Å². The van der Waals surface area contributed by atoms with Gasteiger partial charge in [-0.15, -0.1) is 0 Å². The molecule has 164 valence electrons. The van der Waals surface area contributed by atoms with E-state index in [-0.39, 0.29) is 5.78 Å². The molecule has 2 aliphatic heterocycles. The molecule has 0 unspecified atom stereocenters. The van der Waals surface area contributed by atoms with E-state index < -0.39 is 0 Å². The van der Waals surface area contributed by atoms with Gasteiger partial charge < -0.3 is 18.8 Å². The highest BCUT2D eigenvalue weighted by Gasteiger charge is 2.33. The van der Waals surface area contributed by atoms with Crippen LogP contribution in [0.5, 0.6) is 11.5 Å². The van der Waals surface area contributed by atoms with Crippen molar-refractivity contribution in [1.29, 1.82) is 0 Å². The number of Topliss-reactive ketones (excluding diaryl/α,β-unsaturated/α-hetero) is 1. The van der Waals surface area contributed by atoms with Crippen molar-refractivity contribution in [2.45, 2.75) is 26.9 Å². The average Bonchev–Trinajstić information content (AvgIpc) is 3.44. The van der Waals surface area contributed by atoms with E-state index >= 15 is 0 Å². The molecular formula is C26H26N2O4. The SMILES string of the molecule is CCN(CC)c1ccc(/C=C2\Oc3c(ccc4c3CN(Cc3ccco3)CO4)C2=O)cc1. The molecule has 3 aromatic rings. The summed E-state index contributed by atoms with van der Waals surface area (Å²) in [6, 6.07) is 15.7. The molecule has 0 amide bonds. The van der Waals surface area contributed by atoms with Gasteiger partial charge >= 0.3 is 0 Å². The van der Waals surface area contributed by atoms with E-state index in [4.69, 9.17) is 13.9 Å². The number of furan rings is 1. The van der Waals surface area contributed by atoms with Gasteiger partial charge in [0.25, 0.3) is 0 Å². The van der Waals surface area contributed by atoms with Crippen LogP contribution in [-0.2, 0) is 13.1 Å². The number of rotatable bonds is 6. The third-order valence-corrected chi connectivity index (χ3v) is 5.96.